The maximum atomic E-state index is 5.90. The molecule has 2 aromatic heterocycles. The summed E-state index contributed by atoms with van der Waals surface area (Å²) in [4.78, 5) is 8.64. The van der Waals surface area contributed by atoms with E-state index >= 15 is 0 Å². The summed E-state index contributed by atoms with van der Waals surface area (Å²) in [5.41, 5.74) is 8.43. The zero-order valence-corrected chi connectivity index (χ0v) is 12.1. The van der Waals surface area contributed by atoms with Crippen molar-refractivity contribution in [2.75, 3.05) is 11.1 Å². The number of pyridine rings is 2. The molecule has 5 heteroatoms. The fourth-order valence-electron chi connectivity index (χ4n) is 1.78. The van der Waals surface area contributed by atoms with Gasteiger partial charge in [0, 0.05) is 24.0 Å². The lowest BCUT2D eigenvalue weighted by Crippen LogP contribution is -2.11. The molecule has 0 amide bonds. The molecule has 5 nitrogen and oxygen atoms in total. The van der Waals surface area contributed by atoms with Crippen LogP contribution in [0.25, 0.3) is 0 Å². The first-order chi connectivity index (χ1) is 9.56. The number of hydrogen-bond donors (Lipinski definition) is 2. The predicted octanol–water partition coefficient (Wildman–Crippen LogP) is 2.77. The second kappa shape index (κ2) is 6.23. The Morgan fingerprint density at radius 2 is 2.10 bits per heavy atom. The maximum Gasteiger partial charge on any atom is 0.218 e. The second-order valence-electron chi connectivity index (χ2n) is 4.88. The van der Waals surface area contributed by atoms with E-state index in [4.69, 9.17) is 10.5 Å². The van der Waals surface area contributed by atoms with Crippen LogP contribution in [0.15, 0.2) is 30.5 Å². The van der Waals surface area contributed by atoms with E-state index in [2.05, 4.69) is 15.3 Å². The lowest BCUT2D eigenvalue weighted by atomic mass is 10.2. The molecule has 0 radical (unpaired) electrons. The molecule has 0 saturated carbocycles. The van der Waals surface area contributed by atoms with Gasteiger partial charge in [-0.1, -0.05) is 6.07 Å². The summed E-state index contributed by atoms with van der Waals surface area (Å²) in [6.07, 6.45) is 1.81. The van der Waals surface area contributed by atoms with Gasteiger partial charge in [-0.2, -0.15) is 0 Å². The van der Waals surface area contributed by atoms with Gasteiger partial charge in [0.2, 0.25) is 5.88 Å². The van der Waals surface area contributed by atoms with Gasteiger partial charge in [0.25, 0.3) is 0 Å². The Morgan fingerprint density at radius 1 is 1.30 bits per heavy atom. The van der Waals surface area contributed by atoms with Crippen molar-refractivity contribution in [3.63, 3.8) is 0 Å². The van der Waals surface area contributed by atoms with Crippen molar-refractivity contribution in [3.8, 4) is 5.88 Å². The third-order valence-electron chi connectivity index (χ3n) is 2.71. The number of ether oxygens (including phenoxy) is 1. The summed E-state index contributed by atoms with van der Waals surface area (Å²) < 4.78 is 5.68. The first-order valence-corrected chi connectivity index (χ1v) is 6.64. The molecule has 2 heterocycles. The van der Waals surface area contributed by atoms with Crippen molar-refractivity contribution in [2.24, 2.45) is 0 Å². The smallest absolute Gasteiger partial charge is 0.218 e. The van der Waals surface area contributed by atoms with Crippen LogP contribution in [0.3, 0.4) is 0 Å². The molecular formula is C15H20N4O. The van der Waals surface area contributed by atoms with Crippen molar-refractivity contribution in [3.05, 3.63) is 41.7 Å². The lowest BCUT2D eigenvalue weighted by molar-refractivity contribution is 0.230. The van der Waals surface area contributed by atoms with Gasteiger partial charge >= 0.3 is 0 Å². The minimum absolute atomic E-state index is 0.0887. The average molecular weight is 272 g/mol. The number of hydrogen-bond acceptors (Lipinski definition) is 5. The fourth-order valence-corrected chi connectivity index (χ4v) is 1.78. The Kier molecular flexibility index (Phi) is 4.40. The van der Waals surface area contributed by atoms with Gasteiger partial charge < -0.3 is 15.8 Å². The molecule has 0 aliphatic heterocycles. The van der Waals surface area contributed by atoms with Crippen LogP contribution >= 0.6 is 0 Å². The molecular weight excluding hydrogens is 252 g/mol. The largest absolute Gasteiger partial charge is 0.475 e. The number of nitrogens with zero attached hydrogens (tertiary/aromatic N) is 2. The number of nitrogens with one attached hydrogen (secondary N) is 1. The first-order valence-electron chi connectivity index (χ1n) is 6.64. The number of nitrogens with two attached hydrogens (primary N) is 1. The molecule has 20 heavy (non-hydrogen) atoms. The Morgan fingerprint density at radius 3 is 2.85 bits per heavy atom. The van der Waals surface area contributed by atoms with Crippen LogP contribution in [0.5, 0.6) is 5.88 Å². The Bertz CT molecular complexity index is 584. The van der Waals surface area contributed by atoms with Crippen molar-refractivity contribution in [2.45, 2.75) is 33.4 Å². The number of aromatic nitrogens is 2. The Hall–Kier alpha value is -2.30. The summed E-state index contributed by atoms with van der Waals surface area (Å²) in [7, 11) is 0. The topological polar surface area (TPSA) is 73.1 Å². The third kappa shape index (κ3) is 3.60. The van der Waals surface area contributed by atoms with Gasteiger partial charge in [-0.3, -0.25) is 0 Å². The molecule has 2 aromatic rings. The standard InChI is InChI=1S/C15H20N4O/c1-10(2)20-15-12(5-4-8-17-15)9-18-14-13(16)7-6-11(3)19-14/h4-8,10H,9,16H2,1-3H3,(H,18,19). The zero-order valence-electron chi connectivity index (χ0n) is 12.1. The molecule has 2 rings (SSSR count). The van der Waals surface area contributed by atoms with E-state index in [1.54, 1.807) is 6.20 Å². The van der Waals surface area contributed by atoms with Gasteiger partial charge in [0.15, 0.2) is 0 Å². The van der Waals surface area contributed by atoms with Crippen LogP contribution < -0.4 is 15.8 Å². The van der Waals surface area contributed by atoms with Gasteiger partial charge in [-0.15, -0.1) is 0 Å². The lowest BCUT2D eigenvalue weighted by Gasteiger charge is -2.14. The van der Waals surface area contributed by atoms with Crippen LogP contribution in [0.4, 0.5) is 11.5 Å². The molecule has 0 aromatic carbocycles. The number of nitrogen functional groups attached to an aromatic ring is 1. The van der Waals surface area contributed by atoms with E-state index in [9.17, 15) is 0 Å². The predicted molar refractivity (Wildman–Crippen MR) is 80.7 cm³/mol. The van der Waals surface area contributed by atoms with Gasteiger partial charge in [-0.25, -0.2) is 9.97 Å². The molecule has 0 atom stereocenters. The number of aryl methyl sites for hydroxylation is 1. The SMILES string of the molecule is Cc1ccc(N)c(NCc2cccnc2OC(C)C)n1. The van der Waals surface area contributed by atoms with E-state index in [-0.39, 0.29) is 6.10 Å². The molecule has 0 aliphatic rings. The van der Waals surface area contributed by atoms with Gasteiger partial charge in [-0.05, 0) is 39.0 Å². The van der Waals surface area contributed by atoms with Crippen LogP contribution in [0, 0.1) is 6.92 Å². The second-order valence-corrected chi connectivity index (χ2v) is 4.88. The van der Waals surface area contributed by atoms with E-state index in [0.29, 0.717) is 23.9 Å². The minimum atomic E-state index is 0.0887. The van der Waals surface area contributed by atoms with Crippen LogP contribution in [0.1, 0.15) is 25.1 Å². The molecule has 106 valence electrons. The highest BCUT2D eigenvalue weighted by Crippen LogP contribution is 2.20. The third-order valence-corrected chi connectivity index (χ3v) is 2.71. The van der Waals surface area contributed by atoms with Crippen molar-refractivity contribution < 1.29 is 4.74 Å². The summed E-state index contributed by atoms with van der Waals surface area (Å²) in [6.45, 7) is 6.45. The number of rotatable bonds is 5. The monoisotopic (exact) mass is 272 g/mol. The van der Waals surface area contributed by atoms with Crippen LogP contribution in [-0.2, 0) is 6.54 Å². The highest BCUT2D eigenvalue weighted by molar-refractivity contribution is 5.61. The summed E-state index contributed by atoms with van der Waals surface area (Å²) in [6, 6.07) is 7.60. The van der Waals surface area contributed by atoms with Gasteiger partial charge in [0.05, 0.1) is 11.8 Å². The highest BCUT2D eigenvalue weighted by atomic mass is 16.5. The summed E-state index contributed by atoms with van der Waals surface area (Å²) in [5.74, 6) is 1.32. The molecule has 0 spiro atoms. The number of anilines is 2. The highest BCUT2D eigenvalue weighted by Gasteiger charge is 2.08. The van der Waals surface area contributed by atoms with E-state index < -0.39 is 0 Å². The molecule has 0 fully saturated rings. The molecule has 0 aliphatic carbocycles. The van der Waals surface area contributed by atoms with Crippen LogP contribution in [-0.4, -0.2) is 16.1 Å². The van der Waals surface area contributed by atoms with Crippen LogP contribution in [0.2, 0.25) is 0 Å². The molecule has 0 saturated heterocycles. The molecule has 0 unspecified atom stereocenters. The Balaban J connectivity index is 2.12. The summed E-state index contributed by atoms with van der Waals surface area (Å²) in [5, 5.41) is 3.23. The fraction of sp³-hybridized carbons (Fsp3) is 0.333. The van der Waals surface area contributed by atoms with E-state index in [1.807, 2.05) is 45.0 Å². The minimum Gasteiger partial charge on any atom is -0.475 e. The van der Waals surface area contributed by atoms with E-state index in [0.717, 1.165) is 11.3 Å². The van der Waals surface area contributed by atoms with Crippen molar-refractivity contribution in [1.29, 1.82) is 0 Å². The summed E-state index contributed by atoms with van der Waals surface area (Å²) >= 11 is 0. The van der Waals surface area contributed by atoms with E-state index in [1.165, 1.54) is 0 Å². The Labute approximate surface area is 119 Å². The normalized spacial score (nSPS) is 10.6. The first kappa shape index (κ1) is 14.1. The molecule has 0 bridgehead atoms. The van der Waals surface area contributed by atoms with Gasteiger partial charge in [0.1, 0.15) is 5.82 Å². The quantitative estimate of drug-likeness (QED) is 0.875. The van der Waals surface area contributed by atoms with Crippen molar-refractivity contribution >= 4 is 11.5 Å². The zero-order chi connectivity index (χ0) is 14.5. The average Bonchev–Trinajstić information content (AvgIpc) is 2.41. The molecule has 3 N–H and O–H groups in total. The maximum absolute atomic E-state index is 5.90. The van der Waals surface area contributed by atoms with Crippen molar-refractivity contribution in [1.82, 2.24) is 9.97 Å².